The predicted octanol–water partition coefficient (Wildman–Crippen LogP) is 2.65. The molecule has 1 atom stereocenters. The molecule has 0 aliphatic carbocycles. The van der Waals surface area contributed by atoms with E-state index in [0.717, 1.165) is 17.5 Å². The minimum absolute atomic E-state index is 0.0253. The first-order chi connectivity index (χ1) is 14.7. The molecule has 2 amide bonds. The van der Waals surface area contributed by atoms with Crippen molar-refractivity contribution in [3.8, 4) is 0 Å². The smallest absolute Gasteiger partial charge is 0.243 e. The summed E-state index contributed by atoms with van der Waals surface area (Å²) in [4.78, 5) is 24.8. The molecule has 164 valence electrons. The van der Waals surface area contributed by atoms with E-state index in [4.69, 9.17) is 0 Å². The van der Waals surface area contributed by atoms with Gasteiger partial charge in [0, 0.05) is 19.3 Å². The van der Waals surface area contributed by atoms with Gasteiger partial charge in [-0.2, -0.15) is 5.10 Å². The van der Waals surface area contributed by atoms with E-state index in [9.17, 15) is 18.0 Å². The molecule has 2 N–H and O–H groups in total. The van der Waals surface area contributed by atoms with Crippen molar-refractivity contribution in [2.75, 3.05) is 17.5 Å². The Kier molecular flexibility index (Phi) is 7.06. The zero-order chi connectivity index (χ0) is 22.4. The molecule has 1 aliphatic heterocycles. The quantitative estimate of drug-likeness (QED) is 0.655. The number of hydrogen-bond acceptors (Lipinski definition) is 5. The SMILES string of the molecule is CC(NC(=O)CCC(=O)N1CCC(c2ccccc2)=N1)c1ccccc1NS(C)(=O)=O. The molecule has 2 aromatic rings. The Hall–Kier alpha value is -3.20. The highest BCUT2D eigenvalue weighted by Gasteiger charge is 2.22. The number of amides is 2. The maximum absolute atomic E-state index is 12.5. The topological polar surface area (TPSA) is 108 Å². The minimum atomic E-state index is -3.44. The van der Waals surface area contributed by atoms with E-state index in [1.807, 2.05) is 30.3 Å². The number of benzene rings is 2. The molecule has 1 heterocycles. The molecule has 1 aliphatic rings. The van der Waals surface area contributed by atoms with Gasteiger partial charge in [0.05, 0.1) is 30.2 Å². The number of para-hydroxylation sites is 1. The number of nitrogens with zero attached hydrogens (tertiary/aromatic N) is 2. The van der Waals surface area contributed by atoms with Crippen LogP contribution in [0.5, 0.6) is 0 Å². The Balaban J connectivity index is 1.54. The van der Waals surface area contributed by atoms with Gasteiger partial charge >= 0.3 is 0 Å². The number of carbonyl (C=O) groups excluding carboxylic acids is 2. The number of hydrazone groups is 1. The van der Waals surface area contributed by atoms with Gasteiger partial charge in [-0.3, -0.25) is 14.3 Å². The van der Waals surface area contributed by atoms with Gasteiger partial charge in [0.2, 0.25) is 21.8 Å². The molecule has 3 rings (SSSR count). The van der Waals surface area contributed by atoms with E-state index in [-0.39, 0.29) is 24.7 Å². The summed E-state index contributed by atoms with van der Waals surface area (Å²) in [6, 6.07) is 16.1. The number of carbonyl (C=O) groups is 2. The largest absolute Gasteiger partial charge is 0.349 e. The second kappa shape index (κ2) is 9.74. The van der Waals surface area contributed by atoms with Crippen molar-refractivity contribution in [3.05, 3.63) is 65.7 Å². The third kappa shape index (κ3) is 6.39. The zero-order valence-electron chi connectivity index (χ0n) is 17.5. The normalized spacial score (nSPS) is 14.6. The van der Waals surface area contributed by atoms with Gasteiger partial charge in [0.1, 0.15) is 0 Å². The Bertz CT molecular complexity index is 1080. The fourth-order valence-electron chi connectivity index (χ4n) is 3.38. The molecule has 9 heteroatoms. The molecule has 0 fully saturated rings. The van der Waals surface area contributed by atoms with Crippen LogP contribution in [0.1, 0.15) is 43.4 Å². The number of rotatable bonds is 8. The second-order valence-electron chi connectivity index (χ2n) is 7.43. The highest BCUT2D eigenvalue weighted by atomic mass is 32.2. The lowest BCUT2D eigenvalue weighted by Crippen LogP contribution is -2.30. The van der Waals surface area contributed by atoms with E-state index in [2.05, 4.69) is 15.1 Å². The van der Waals surface area contributed by atoms with Gasteiger partial charge in [0.15, 0.2) is 0 Å². The first kappa shape index (κ1) is 22.5. The van der Waals surface area contributed by atoms with Crippen molar-refractivity contribution in [2.45, 2.75) is 32.2 Å². The van der Waals surface area contributed by atoms with Gasteiger partial charge in [0.25, 0.3) is 0 Å². The fourth-order valence-corrected chi connectivity index (χ4v) is 3.96. The Labute approximate surface area is 182 Å². The molecular weight excluding hydrogens is 416 g/mol. The average Bonchev–Trinajstić information content (AvgIpc) is 3.22. The van der Waals surface area contributed by atoms with Crippen molar-refractivity contribution in [1.82, 2.24) is 10.3 Å². The summed E-state index contributed by atoms with van der Waals surface area (Å²) in [5.74, 6) is -0.491. The van der Waals surface area contributed by atoms with Crippen LogP contribution >= 0.6 is 0 Å². The van der Waals surface area contributed by atoms with Crippen LogP contribution < -0.4 is 10.0 Å². The number of nitrogens with one attached hydrogen (secondary N) is 2. The Morgan fingerprint density at radius 2 is 1.74 bits per heavy atom. The fraction of sp³-hybridized carbons (Fsp3) is 0.318. The summed E-state index contributed by atoms with van der Waals surface area (Å²) in [5.41, 5.74) is 2.91. The summed E-state index contributed by atoms with van der Waals surface area (Å²) >= 11 is 0. The van der Waals surface area contributed by atoms with Gasteiger partial charge in [-0.05, 0) is 24.1 Å². The zero-order valence-corrected chi connectivity index (χ0v) is 18.4. The molecule has 0 aromatic heterocycles. The summed E-state index contributed by atoms with van der Waals surface area (Å²) in [6.07, 6.45) is 1.83. The second-order valence-corrected chi connectivity index (χ2v) is 9.18. The van der Waals surface area contributed by atoms with Crippen LogP contribution in [0.25, 0.3) is 0 Å². The molecular formula is C22H26N4O4S. The summed E-state index contributed by atoms with van der Waals surface area (Å²) in [5, 5.41) is 8.64. The van der Waals surface area contributed by atoms with E-state index >= 15 is 0 Å². The van der Waals surface area contributed by atoms with Crippen LogP contribution in [0.4, 0.5) is 5.69 Å². The van der Waals surface area contributed by atoms with Crippen LogP contribution in [0.15, 0.2) is 59.7 Å². The summed E-state index contributed by atoms with van der Waals surface area (Å²) in [6.45, 7) is 2.27. The van der Waals surface area contributed by atoms with E-state index in [1.54, 1.807) is 31.2 Å². The first-order valence-corrected chi connectivity index (χ1v) is 11.9. The molecule has 0 bridgehead atoms. The van der Waals surface area contributed by atoms with Crippen molar-refractivity contribution < 1.29 is 18.0 Å². The van der Waals surface area contributed by atoms with Gasteiger partial charge < -0.3 is 5.32 Å². The monoisotopic (exact) mass is 442 g/mol. The molecule has 0 radical (unpaired) electrons. The Morgan fingerprint density at radius 3 is 2.45 bits per heavy atom. The standard InChI is InChI=1S/C22H26N4O4S/c1-16(18-10-6-7-11-20(18)25-31(2,29)30)23-21(27)12-13-22(28)26-15-14-19(24-26)17-8-4-3-5-9-17/h3-11,16,25H,12-15H2,1-2H3,(H,23,27). The van der Waals surface area contributed by atoms with E-state index < -0.39 is 16.1 Å². The third-order valence-corrected chi connectivity index (χ3v) is 5.45. The lowest BCUT2D eigenvalue weighted by atomic mass is 10.1. The van der Waals surface area contributed by atoms with Gasteiger partial charge in [-0.15, -0.1) is 0 Å². The molecule has 0 saturated carbocycles. The van der Waals surface area contributed by atoms with Gasteiger partial charge in [-0.25, -0.2) is 13.4 Å². The first-order valence-electron chi connectivity index (χ1n) is 10.0. The van der Waals surface area contributed by atoms with E-state index in [1.165, 1.54) is 5.01 Å². The highest BCUT2D eigenvalue weighted by Crippen LogP contribution is 2.23. The van der Waals surface area contributed by atoms with Crippen LogP contribution in [0.3, 0.4) is 0 Å². The third-order valence-electron chi connectivity index (χ3n) is 4.86. The molecule has 0 spiro atoms. The number of hydrogen-bond donors (Lipinski definition) is 2. The van der Waals surface area contributed by atoms with Crippen LogP contribution in [0.2, 0.25) is 0 Å². The van der Waals surface area contributed by atoms with Crippen LogP contribution in [0, 0.1) is 0 Å². The highest BCUT2D eigenvalue weighted by molar-refractivity contribution is 7.92. The maximum Gasteiger partial charge on any atom is 0.243 e. The summed E-state index contributed by atoms with van der Waals surface area (Å²) < 4.78 is 25.6. The molecule has 1 unspecified atom stereocenters. The van der Waals surface area contributed by atoms with Crippen LogP contribution in [-0.4, -0.2) is 43.8 Å². The lowest BCUT2D eigenvalue weighted by molar-refractivity contribution is -0.133. The number of sulfonamides is 1. The van der Waals surface area contributed by atoms with Gasteiger partial charge in [-0.1, -0.05) is 48.5 Å². The van der Waals surface area contributed by atoms with Crippen molar-refractivity contribution in [2.24, 2.45) is 5.10 Å². The van der Waals surface area contributed by atoms with Crippen molar-refractivity contribution >= 4 is 33.2 Å². The van der Waals surface area contributed by atoms with Crippen LogP contribution in [-0.2, 0) is 19.6 Å². The Morgan fingerprint density at radius 1 is 1.06 bits per heavy atom. The molecule has 8 nitrogen and oxygen atoms in total. The van der Waals surface area contributed by atoms with Crippen molar-refractivity contribution in [3.63, 3.8) is 0 Å². The van der Waals surface area contributed by atoms with Crippen molar-refractivity contribution in [1.29, 1.82) is 0 Å². The number of anilines is 1. The molecule has 31 heavy (non-hydrogen) atoms. The van der Waals surface area contributed by atoms with E-state index in [0.29, 0.717) is 24.2 Å². The lowest BCUT2D eigenvalue weighted by Gasteiger charge is -2.18. The minimum Gasteiger partial charge on any atom is -0.349 e. The maximum atomic E-state index is 12.5. The average molecular weight is 443 g/mol. The molecule has 0 saturated heterocycles. The summed E-state index contributed by atoms with van der Waals surface area (Å²) in [7, 11) is -3.44. The predicted molar refractivity (Wildman–Crippen MR) is 120 cm³/mol. The molecule has 2 aromatic carbocycles.